The van der Waals surface area contributed by atoms with Gasteiger partial charge in [0.2, 0.25) is 5.13 Å². The molecule has 3 aromatic rings. The Morgan fingerprint density at radius 3 is 2.74 bits per heavy atom. The quantitative estimate of drug-likeness (QED) is 0.470. The molecule has 9 nitrogen and oxygen atoms in total. The summed E-state index contributed by atoms with van der Waals surface area (Å²) in [6.07, 6.45) is 5.25. The molecule has 180 valence electrons. The first-order valence-corrected chi connectivity index (χ1v) is 11.7. The number of ether oxygens (including phenoxy) is 2. The number of nitrogens with zero attached hydrogens (tertiary/aromatic N) is 4. The van der Waals surface area contributed by atoms with Gasteiger partial charge in [-0.3, -0.25) is 15.1 Å². The largest absolute Gasteiger partial charge is 0.494 e. The first-order chi connectivity index (χ1) is 16.2. The fourth-order valence-electron chi connectivity index (χ4n) is 3.75. The zero-order valence-electron chi connectivity index (χ0n) is 18.8. The SMILES string of the molecule is COc1cnc(Cl)c(F)c1-c1cc(C)ncc1C(=O)Nc1nnc(O[C@H]2CC[C@@](C)(O)CC2)s1. The van der Waals surface area contributed by atoms with Crippen LogP contribution in [-0.2, 0) is 0 Å². The van der Waals surface area contributed by atoms with Crippen LogP contribution in [0.1, 0.15) is 48.7 Å². The highest BCUT2D eigenvalue weighted by Gasteiger charge is 2.30. The van der Waals surface area contributed by atoms with Crippen molar-refractivity contribution < 1.29 is 23.8 Å². The molecule has 0 bridgehead atoms. The van der Waals surface area contributed by atoms with Crippen LogP contribution in [0.5, 0.6) is 10.9 Å². The van der Waals surface area contributed by atoms with Crippen molar-refractivity contribution in [2.24, 2.45) is 0 Å². The zero-order valence-corrected chi connectivity index (χ0v) is 20.3. The Labute approximate surface area is 204 Å². The van der Waals surface area contributed by atoms with Crippen molar-refractivity contribution in [1.29, 1.82) is 0 Å². The number of hydrogen-bond acceptors (Lipinski definition) is 9. The molecular weight excluding hydrogens is 485 g/mol. The van der Waals surface area contributed by atoms with Crippen molar-refractivity contribution in [3.05, 3.63) is 40.7 Å². The lowest BCUT2D eigenvalue weighted by Gasteiger charge is -2.32. The maximum Gasteiger partial charge on any atom is 0.296 e. The maximum absolute atomic E-state index is 14.9. The Morgan fingerprint density at radius 2 is 2.03 bits per heavy atom. The van der Waals surface area contributed by atoms with Crippen LogP contribution in [0.25, 0.3) is 11.1 Å². The number of aromatic nitrogens is 4. The Bertz CT molecular complexity index is 1210. The highest BCUT2D eigenvalue weighted by atomic mass is 35.5. The third-order valence-corrected chi connectivity index (χ3v) is 6.61. The number of pyridine rings is 2. The molecule has 1 fully saturated rings. The number of rotatable bonds is 6. The smallest absolute Gasteiger partial charge is 0.296 e. The number of hydrogen-bond donors (Lipinski definition) is 2. The van der Waals surface area contributed by atoms with Crippen LogP contribution < -0.4 is 14.8 Å². The minimum Gasteiger partial charge on any atom is -0.494 e. The Kier molecular flexibility index (Phi) is 6.96. The van der Waals surface area contributed by atoms with Gasteiger partial charge in [0.1, 0.15) is 11.9 Å². The van der Waals surface area contributed by atoms with E-state index in [4.69, 9.17) is 21.1 Å². The van der Waals surface area contributed by atoms with Gasteiger partial charge in [-0.15, -0.1) is 5.10 Å². The Balaban J connectivity index is 1.55. The van der Waals surface area contributed by atoms with Gasteiger partial charge in [0.15, 0.2) is 11.0 Å². The number of methoxy groups -OCH3 is 1. The summed E-state index contributed by atoms with van der Waals surface area (Å²) in [4.78, 5) is 21.0. The molecule has 0 spiro atoms. The van der Waals surface area contributed by atoms with Gasteiger partial charge in [-0.05, 0) is 56.9 Å². The number of aryl methyl sites for hydroxylation is 1. The summed E-state index contributed by atoms with van der Waals surface area (Å²) in [5.74, 6) is -1.24. The first-order valence-electron chi connectivity index (χ1n) is 10.6. The summed E-state index contributed by atoms with van der Waals surface area (Å²) in [7, 11) is 1.37. The van der Waals surface area contributed by atoms with E-state index in [-0.39, 0.29) is 38.8 Å². The fraction of sp³-hybridized carbons (Fsp3) is 0.409. The third kappa shape index (κ3) is 5.26. The van der Waals surface area contributed by atoms with E-state index < -0.39 is 17.3 Å². The Morgan fingerprint density at radius 1 is 1.29 bits per heavy atom. The molecule has 0 saturated heterocycles. The molecule has 0 unspecified atom stereocenters. The number of nitrogens with one attached hydrogen (secondary N) is 1. The highest BCUT2D eigenvalue weighted by molar-refractivity contribution is 7.17. The van der Waals surface area contributed by atoms with E-state index in [1.807, 2.05) is 6.92 Å². The summed E-state index contributed by atoms with van der Waals surface area (Å²) in [5.41, 5.74) is 0.254. The summed E-state index contributed by atoms with van der Waals surface area (Å²) >= 11 is 6.97. The maximum atomic E-state index is 14.9. The highest BCUT2D eigenvalue weighted by Crippen LogP contribution is 2.37. The summed E-state index contributed by atoms with van der Waals surface area (Å²) in [6.45, 7) is 3.54. The van der Waals surface area contributed by atoms with Crippen LogP contribution in [0, 0.1) is 12.7 Å². The summed E-state index contributed by atoms with van der Waals surface area (Å²) in [6, 6.07) is 1.57. The average Bonchev–Trinajstić information content (AvgIpc) is 3.23. The standard InChI is InChI=1S/C22H23ClFN5O4S/c1-11-8-13(16-15(32-3)10-26-18(23)17(16)24)14(9-25-11)19(30)27-20-28-29-21(34-20)33-12-4-6-22(2,31)7-5-12/h8-10,12,31H,4-7H2,1-3H3,(H,27,28,30)/t12-,22+. The molecule has 0 atom stereocenters. The minimum absolute atomic E-state index is 0.00705. The molecule has 4 rings (SSSR count). The lowest BCUT2D eigenvalue weighted by Crippen LogP contribution is -2.34. The van der Waals surface area contributed by atoms with Crippen molar-refractivity contribution >= 4 is 34.0 Å². The molecule has 0 aliphatic heterocycles. The lowest BCUT2D eigenvalue weighted by atomic mass is 9.85. The molecule has 3 heterocycles. The van der Waals surface area contributed by atoms with Gasteiger partial charge in [0.05, 0.1) is 30.0 Å². The van der Waals surface area contributed by atoms with Gasteiger partial charge in [-0.25, -0.2) is 9.37 Å². The van der Waals surface area contributed by atoms with Crippen LogP contribution in [0.2, 0.25) is 5.15 Å². The van der Waals surface area contributed by atoms with E-state index in [1.165, 1.54) is 19.5 Å². The van der Waals surface area contributed by atoms with Gasteiger partial charge in [-0.2, -0.15) is 0 Å². The van der Waals surface area contributed by atoms with Gasteiger partial charge < -0.3 is 14.6 Å². The number of amides is 1. The second-order valence-corrected chi connectivity index (χ2v) is 9.62. The first kappa shape index (κ1) is 24.2. The number of carbonyl (C=O) groups is 1. The molecule has 1 amide bonds. The number of anilines is 1. The van der Waals surface area contributed by atoms with Gasteiger partial charge >= 0.3 is 0 Å². The topological polar surface area (TPSA) is 119 Å². The van der Waals surface area contributed by atoms with Crippen LogP contribution in [-0.4, -0.2) is 50.0 Å². The molecule has 3 aromatic heterocycles. The zero-order chi connectivity index (χ0) is 24.5. The number of carbonyl (C=O) groups excluding carboxylic acids is 1. The molecule has 1 aliphatic carbocycles. The number of halogens is 2. The van der Waals surface area contributed by atoms with Crippen molar-refractivity contribution in [1.82, 2.24) is 20.2 Å². The molecule has 12 heteroatoms. The lowest BCUT2D eigenvalue weighted by molar-refractivity contribution is -0.0110. The van der Waals surface area contributed by atoms with Gasteiger partial charge in [-0.1, -0.05) is 16.7 Å². The van der Waals surface area contributed by atoms with Crippen LogP contribution >= 0.6 is 22.9 Å². The predicted octanol–water partition coefficient (Wildman–Crippen LogP) is 4.43. The van der Waals surface area contributed by atoms with Crippen molar-refractivity contribution in [2.75, 3.05) is 12.4 Å². The molecule has 1 saturated carbocycles. The molecule has 0 radical (unpaired) electrons. The second kappa shape index (κ2) is 9.77. The van der Waals surface area contributed by atoms with E-state index in [9.17, 15) is 14.3 Å². The normalized spacial score (nSPS) is 20.1. The average molecular weight is 508 g/mol. The minimum atomic E-state index is -0.807. The summed E-state index contributed by atoms with van der Waals surface area (Å²) in [5, 5.41) is 20.9. The van der Waals surface area contributed by atoms with Crippen LogP contribution in [0.4, 0.5) is 9.52 Å². The Hall–Kier alpha value is -2.89. The van der Waals surface area contributed by atoms with Crippen LogP contribution in [0.15, 0.2) is 18.5 Å². The van der Waals surface area contributed by atoms with Gasteiger partial charge in [0.25, 0.3) is 11.1 Å². The van der Waals surface area contributed by atoms with E-state index in [0.29, 0.717) is 36.6 Å². The molecule has 34 heavy (non-hydrogen) atoms. The van der Waals surface area contributed by atoms with E-state index >= 15 is 0 Å². The van der Waals surface area contributed by atoms with E-state index in [1.54, 1.807) is 13.0 Å². The molecule has 2 N–H and O–H groups in total. The number of aliphatic hydroxyl groups is 1. The molecule has 0 aromatic carbocycles. The monoisotopic (exact) mass is 507 g/mol. The molecular formula is C22H23ClFN5O4S. The third-order valence-electron chi connectivity index (χ3n) is 5.62. The van der Waals surface area contributed by atoms with Crippen LogP contribution in [0.3, 0.4) is 0 Å². The fourth-order valence-corrected chi connectivity index (χ4v) is 4.55. The summed E-state index contributed by atoms with van der Waals surface area (Å²) < 4.78 is 26.0. The molecule has 1 aliphatic rings. The second-order valence-electron chi connectivity index (χ2n) is 8.32. The van der Waals surface area contributed by atoms with E-state index in [2.05, 4.69) is 25.5 Å². The van der Waals surface area contributed by atoms with Gasteiger partial charge in [0, 0.05) is 17.5 Å². The predicted molar refractivity (Wildman–Crippen MR) is 125 cm³/mol. The van der Waals surface area contributed by atoms with Crippen molar-refractivity contribution in [3.8, 4) is 22.1 Å². The van der Waals surface area contributed by atoms with Crippen molar-refractivity contribution in [3.63, 3.8) is 0 Å². The van der Waals surface area contributed by atoms with E-state index in [0.717, 1.165) is 11.3 Å². The van der Waals surface area contributed by atoms with Crippen molar-refractivity contribution in [2.45, 2.75) is 51.2 Å².